The van der Waals surface area contributed by atoms with Crippen molar-refractivity contribution >= 4 is 0 Å². The third kappa shape index (κ3) is 3.32. The minimum Gasteiger partial charge on any atom is -0.454 e. The molecule has 0 aromatic heterocycles. The number of benzene rings is 2. The smallest absolute Gasteiger partial charge is 0.166 e. The lowest BCUT2D eigenvalue weighted by Crippen LogP contribution is -2.05. The minimum absolute atomic E-state index is 0.188. The molecule has 1 unspecified atom stereocenters. The van der Waals surface area contributed by atoms with E-state index in [0.717, 1.165) is 17.5 Å². The van der Waals surface area contributed by atoms with Gasteiger partial charge in [-0.1, -0.05) is 25.1 Å². The van der Waals surface area contributed by atoms with Gasteiger partial charge in [0.15, 0.2) is 11.6 Å². The number of rotatable bonds is 4. The second kappa shape index (κ2) is 5.85. The second-order valence-electron chi connectivity index (χ2n) is 4.58. The lowest BCUT2D eigenvalue weighted by molar-refractivity contribution is 0.441. The van der Waals surface area contributed by atoms with Crippen LogP contribution in [0.2, 0.25) is 0 Å². The Balaban J connectivity index is 2.23. The van der Waals surface area contributed by atoms with E-state index < -0.39 is 5.82 Å². The summed E-state index contributed by atoms with van der Waals surface area (Å²) in [7, 11) is 0. The Morgan fingerprint density at radius 1 is 1.21 bits per heavy atom. The maximum absolute atomic E-state index is 13.9. The van der Waals surface area contributed by atoms with Crippen molar-refractivity contribution < 1.29 is 9.13 Å². The van der Waals surface area contributed by atoms with Gasteiger partial charge in [-0.25, -0.2) is 4.39 Å². The van der Waals surface area contributed by atoms with Gasteiger partial charge in [0.1, 0.15) is 5.75 Å². The molecule has 0 bridgehead atoms. The number of hydrogen-bond acceptors (Lipinski definition) is 2. The Morgan fingerprint density at radius 2 is 2.00 bits per heavy atom. The molecule has 2 rings (SSSR count). The number of ether oxygens (including phenoxy) is 1. The van der Waals surface area contributed by atoms with Crippen LogP contribution in [0.3, 0.4) is 0 Å². The minimum atomic E-state index is -0.392. The molecule has 100 valence electrons. The first-order valence-corrected chi connectivity index (χ1v) is 6.42. The van der Waals surface area contributed by atoms with Crippen molar-refractivity contribution in [3.63, 3.8) is 0 Å². The van der Waals surface area contributed by atoms with Crippen LogP contribution in [0.1, 0.15) is 31.0 Å². The molecule has 0 aliphatic heterocycles. The zero-order valence-corrected chi connectivity index (χ0v) is 11.2. The number of halogens is 1. The van der Waals surface area contributed by atoms with E-state index >= 15 is 0 Å². The third-order valence-corrected chi connectivity index (χ3v) is 3.02. The normalized spacial score (nSPS) is 12.2. The molecular weight excluding hydrogens is 241 g/mol. The summed E-state index contributed by atoms with van der Waals surface area (Å²) in [4.78, 5) is 0. The Labute approximate surface area is 113 Å². The van der Waals surface area contributed by atoms with E-state index in [1.807, 2.05) is 31.2 Å². The monoisotopic (exact) mass is 259 g/mol. The molecule has 1 atom stereocenters. The predicted octanol–water partition coefficient (Wildman–Crippen LogP) is 4.20. The number of aryl methyl sites for hydroxylation is 1. The van der Waals surface area contributed by atoms with Crippen LogP contribution in [-0.2, 0) is 6.42 Å². The summed E-state index contributed by atoms with van der Waals surface area (Å²) in [6, 6.07) is 12.3. The highest BCUT2D eigenvalue weighted by Crippen LogP contribution is 2.27. The average Bonchev–Trinajstić information content (AvgIpc) is 2.41. The van der Waals surface area contributed by atoms with Crippen LogP contribution >= 0.6 is 0 Å². The summed E-state index contributed by atoms with van der Waals surface area (Å²) >= 11 is 0. The van der Waals surface area contributed by atoms with Gasteiger partial charge < -0.3 is 10.5 Å². The molecule has 0 heterocycles. The zero-order valence-electron chi connectivity index (χ0n) is 11.2. The second-order valence-corrected chi connectivity index (χ2v) is 4.58. The van der Waals surface area contributed by atoms with E-state index in [-0.39, 0.29) is 11.8 Å². The molecule has 0 aliphatic carbocycles. The molecule has 0 saturated carbocycles. The quantitative estimate of drug-likeness (QED) is 0.893. The molecule has 19 heavy (non-hydrogen) atoms. The van der Waals surface area contributed by atoms with Crippen molar-refractivity contribution in [3.05, 3.63) is 59.4 Å². The van der Waals surface area contributed by atoms with E-state index in [4.69, 9.17) is 10.5 Å². The molecule has 2 aromatic rings. The Bertz CT molecular complexity index is 566. The molecule has 0 amide bonds. The van der Waals surface area contributed by atoms with Gasteiger partial charge in [-0.15, -0.1) is 0 Å². The first-order valence-electron chi connectivity index (χ1n) is 6.42. The predicted molar refractivity (Wildman–Crippen MR) is 74.9 cm³/mol. The summed E-state index contributed by atoms with van der Waals surface area (Å²) < 4.78 is 19.5. The summed E-state index contributed by atoms with van der Waals surface area (Å²) in [6.07, 6.45) is 0.920. The van der Waals surface area contributed by atoms with Crippen LogP contribution in [0, 0.1) is 5.82 Å². The Hall–Kier alpha value is -1.87. The molecule has 0 spiro atoms. The average molecular weight is 259 g/mol. The van der Waals surface area contributed by atoms with Crippen LogP contribution in [-0.4, -0.2) is 0 Å². The molecule has 3 heteroatoms. The molecule has 0 aliphatic rings. The van der Waals surface area contributed by atoms with E-state index in [1.165, 1.54) is 6.07 Å². The van der Waals surface area contributed by atoms with Gasteiger partial charge in [0, 0.05) is 6.04 Å². The molecule has 0 radical (unpaired) electrons. The highest BCUT2D eigenvalue weighted by atomic mass is 19.1. The molecule has 0 fully saturated rings. The fourth-order valence-electron chi connectivity index (χ4n) is 1.84. The number of hydrogen-bond donors (Lipinski definition) is 1. The van der Waals surface area contributed by atoms with E-state index in [1.54, 1.807) is 12.1 Å². The van der Waals surface area contributed by atoms with Gasteiger partial charge in [0.2, 0.25) is 0 Å². The first kappa shape index (κ1) is 13.6. The van der Waals surface area contributed by atoms with Crippen LogP contribution in [0.15, 0.2) is 42.5 Å². The Kier molecular flexibility index (Phi) is 4.17. The van der Waals surface area contributed by atoms with Gasteiger partial charge in [0.25, 0.3) is 0 Å². The summed E-state index contributed by atoms with van der Waals surface area (Å²) in [5.41, 5.74) is 7.63. The van der Waals surface area contributed by atoms with Crippen molar-refractivity contribution in [1.29, 1.82) is 0 Å². The fraction of sp³-hybridized carbons (Fsp3) is 0.250. The fourth-order valence-corrected chi connectivity index (χ4v) is 1.84. The van der Waals surface area contributed by atoms with E-state index in [0.29, 0.717) is 5.75 Å². The Morgan fingerprint density at radius 3 is 2.63 bits per heavy atom. The maximum Gasteiger partial charge on any atom is 0.166 e. The maximum atomic E-state index is 13.9. The molecule has 0 saturated heterocycles. The first-order chi connectivity index (χ1) is 9.10. The third-order valence-electron chi connectivity index (χ3n) is 3.02. The SMILES string of the molecule is CCc1cccc(Oc2ccc(C(C)N)cc2F)c1. The number of nitrogens with two attached hydrogens (primary N) is 1. The standard InChI is InChI=1S/C16H18FNO/c1-3-12-5-4-6-14(9-12)19-16-8-7-13(11(2)18)10-15(16)17/h4-11H,3,18H2,1-2H3. The van der Waals surface area contributed by atoms with E-state index in [9.17, 15) is 4.39 Å². The molecular formula is C16H18FNO. The van der Waals surface area contributed by atoms with Crippen LogP contribution in [0.25, 0.3) is 0 Å². The summed E-state index contributed by atoms with van der Waals surface area (Å²) in [6.45, 7) is 3.89. The van der Waals surface area contributed by atoms with Crippen molar-refractivity contribution in [1.82, 2.24) is 0 Å². The molecule has 2 N–H and O–H groups in total. The van der Waals surface area contributed by atoms with Gasteiger partial charge in [-0.2, -0.15) is 0 Å². The highest BCUT2D eigenvalue weighted by molar-refractivity contribution is 5.36. The van der Waals surface area contributed by atoms with Crippen LogP contribution in [0.5, 0.6) is 11.5 Å². The zero-order chi connectivity index (χ0) is 13.8. The van der Waals surface area contributed by atoms with Crippen molar-refractivity contribution in [2.75, 3.05) is 0 Å². The van der Waals surface area contributed by atoms with Crippen molar-refractivity contribution in [2.45, 2.75) is 26.3 Å². The van der Waals surface area contributed by atoms with Crippen molar-refractivity contribution in [3.8, 4) is 11.5 Å². The van der Waals surface area contributed by atoms with Gasteiger partial charge in [-0.05, 0) is 48.7 Å². The summed E-state index contributed by atoms with van der Waals surface area (Å²) in [5.74, 6) is 0.473. The van der Waals surface area contributed by atoms with Crippen molar-refractivity contribution in [2.24, 2.45) is 5.73 Å². The van der Waals surface area contributed by atoms with Crippen LogP contribution in [0.4, 0.5) is 4.39 Å². The highest BCUT2D eigenvalue weighted by Gasteiger charge is 2.08. The summed E-state index contributed by atoms with van der Waals surface area (Å²) in [5, 5.41) is 0. The molecule has 2 nitrogen and oxygen atoms in total. The van der Waals surface area contributed by atoms with Gasteiger partial charge >= 0.3 is 0 Å². The van der Waals surface area contributed by atoms with Crippen LogP contribution < -0.4 is 10.5 Å². The lowest BCUT2D eigenvalue weighted by Gasteiger charge is -2.10. The largest absolute Gasteiger partial charge is 0.454 e. The van der Waals surface area contributed by atoms with Gasteiger partial charge in [-0.3, -0.25) is 0 Å². The molecule has 2 aromatic carbocycles. The topological polar surface area (TPSA) is 35.2 Å². The van der Waals surface area contributed by atoms with Gasteiger partial charge in [0.05, 0.1) is 0 Å². The lowest BCUT2D eigenvalue weighted by atomic mass is 10.1. The van der Waals surface area contributed by atoms with E-state index in [2.05, 4.69) is 6.92 Å².